The fraction of sp³-hybridized carbons (Fsp3) is 0.750. The molecule has 0 radical (unpaired) electrons. The minimum Gasteiger partial charge on any atom is -0.481 e. The van der Waals surface area contributed by atoms with Gasteiger partial charge in [-0.1, -0.05) is 0 Å². The molecular formula is C4H8FeO3. The van der Waals surface area contributed by atoms with Crippen LogP contribution in [0, 0.1) is 0 Å². The minimum absolute atomic E-state index is 0. The van der Waals surface area contributed by atoms with Gasteiger partial charge in [0.05, 0.1) is 13.0 Å². The molecule has 0 saturated carbocycles. The molecule has 0 aliphatic carbocycles. The summed E-state index contributed by atoms with van der Waals surface area (Å²) in [6.07, 6.45) is 0.0938. The standard InChI is InChI=1S/C4H8O3.Fe/c1-7-3-2-4(5)6;/h2-3H2,1H3,(H,5,6);. The van der Waals surface area contributed by atoms with Crippen molar-refractivity contribution in [2.24, 2.45) is 0 Å². The van der Waals surface area contributed by atoms with E-state index in [-0.39, 0.29) is 23.5 Å². The third kappa shape index (κ3) is 9.34. The largest absolute Gasteiger partial charge is 0.481 e. The summed E-state index contributed by atoms with van der Waals surface area (Å²) in [7, 11) is 1.48. The van der Waals surface area contributed by atoms with E-state index < -0.39 is 5.97 Å². The Morgan fingerprint density at radius 2 is 2.25 bits per heavy atom. The SMILES string of the molecule is COCCC(=O)O.[Fe]. The number of carbonyl (C=O) groups is 1. The van der Waals surface area contributed by atoms with E-state index in [0.717, 1.165) is 0 Å². The molecule has 0 unspecified atom stereocenters. The van der Waals surface area contributed by atoms with E-state index in [2.05, 4.69) is 4.74 Å². The molecule has 0 saturated heterocycles. The Morgan fingerprint density at radius 3 is 2.38 bits per heavy atom. The van der Waals surface area contributed by atoms with Gasteiger partial charge < -0.3 is 9.84 Å². The average molecular weight is 160 g/mol. The van der Waals surface area contributed by atoms with Crippen molar-refractivity contribution in [1.29, 1.82) is 0 Å². The molecule has 0 aliphatic heterocycles. The van der Waals surface area contributed by atoms with Gasteiger partial charge in [0.25, 0.3) is 0 Å². The summed E-state index contributed by atoms with van der Waals surface area (Å²) < 4.78 is 4.47. The molecule has 3 nitrogen and oxygen atoms in total. The molecule has 8 heavy (non-hydrogen) atoms. The van der Waals surface area contributed by atoms with Crippen molar-refractivity contribution in [3.05, 3.63) is 0 Å². The van der Waals surface area contributed by atoms with E-state index >= 15 is 0 Å². The van der Waals surface area contributed by atoms with E-state index in [1.54, 1.807) is 0 Å². The van der Waals surface area contributed by atoms with E-state index in [1.165, 1.54) is 7.11 Å². The van der Waals surface area contributed by atoms with E-state index in [4.69, 9.17) is 5.11 Å². The second-order valence-corrected chi connectivity index (χ2v) is 1.14. The predicted molar refractivity (Wildman–Crippen MR) is 24.1 cm³/mol. The van der Waals surface area contributed by atoms with Gasteiger partial charge in [0.15, 0.2) is 0 Å². The molecule has 0 amide bonds. The van der Waals surface area contributed by atoms with Crippen LogP contribution in [0.15, 0.2) is 0 Å². The van der Waals surface area contributed by atoms with Gasteiger partial charge >= 0.3 is 5.97 Å². The smallest absolute Gasteiger partial charge is 0.305 e. The van der Waals surface area contributed by atoms with Crippen LogP contribution in [0.3, 0.4) is 0 Å². The molecular weight excluding hydrogens is 152 g/mol. The van der Waals surface area contributed by atoms with Gasteiger partial charge in [-0.05, 0) is 0 Å². The number of rotatable bonds is 3. The Balaban J connectivity index is 0. The summed E-state index contributed by atoms with van der Waals surface area (Å²) in [5, 5.41) is 7.96. The Bertz CT molecular complexity index is 64.3. The molecule has 0 fully saturated rings. The second-order valence-electron chi connectivity index (χ2n) is 1.14. The molecule has 0 aromatic rings. The maximum atomic E-state index is 9.68. The third-order valence-electron chi connectivity index (χ3n) is 0.520. The zero-order chi connectivity index (χ0) is 5.70. The first-order valence-electron chi connectivity index (χ1n) is 1.98. The molecule has 0 rings (SSSR count). The van der Waals surface area contributed by atoms with Crippen molar-refractivity contribution in [2.45, 2.75) is 6.42 Å². The maximum absolute atomic E-state index is 9.68. The predicted octanol–water partition coefficient (Wildman–Crippen LogP) is 0.105. The second kappa shape index (κ2) is 6.95. The van der Waals surface area contributed by atoms with Gasteiger partial charge in [-0.25, -0.2) is 0 Å². The van der Waals surface area contributed by atoms with Crippen molar-refractivity contribution >= 4 is 5.97 Å². The number of hydrogen-bond acceptors (Lipinski definition) is 2. The molecule has 0 spiro atoms. The van der Waals surface area contributed by atoms with Crippen LogP contribution in [0.1, 0.15) is 6.42 Å². The van der Waals surface area contributed by atoms with Crippen molar-refractivity contribution < 1.29 is 31.7 Å². The van der Waals surface area contributed by atoms with E-state index in [1.807, 2.05) is 0 Å². The van der Waals surface area contributed by atoms with Crippen LogP contribution >= 0.6 is 0 Å². The fourth-order valence-electron chi connectivity index (χ4n) is 0.189. The van der Waals surface area contributed by atoms with E-state index in [9.17, 15) is 4.79 Å². The Kier molecular flexibility index (Phi) is 9.42. The quantitative estimate of drug-likeness (QED) is 0.595. The first-order chi connectivity index (χ1) is 3.27. The summed E-state index contributed by atoms with van der Waals surface area (Å²) in [5.74, 6) is -0.818. The molecule has 0 aliphatic rings. The molecule has 0 heterocycles. The molecule has 0 bridgehead atoms. The fourth-order valence-corrected chi connectivity index (χ4v) is 0.189. The maximum Gasteiger partial charge on any atom is 0.305 e. The van der Waals surface area contributed by atoms with Crippen LogP contribution < -0.4 is 0 Å². The van der Waals surface area contributed by atoms with Crippen molar-refractivity contribution in [3.63, 3.8) is 0 Å². The minimum atomic E-state index is -0.818. The number of aliphatic carboxylic acids is 1. The monoisotopic (exact) mass is 160 g/mol. The van der Waals surface area contributed by atoms with Gasteiger partial charge in [-0.3, -0.25) is 4.79 Å². The number of carboxylic acids is 1. The first kappa shape index (κ1) is 10.8. The normalized spacial score (nSPS) is 7.62. The van der Waals surface area contributed by atoms with Crippen LogP contribution in [0.2, 0.25) is 0 Å². The van der Waals surface area contributed by atoms with Crippen LogP contribution in [0.4, 0.5) is 0 Å². The number of hydrogen-bond donors (Lipinski definition) is 1. The summed E-state index contributed by atoms with van der Waals surface area (Å²) in [6.45, 7) is 0.301. The van der Waals surface area contributed by atoms with Gasteiger partial charge in [-0.15, -0.1) is 0 Å². The number of ether oxygens (including phenoxy) is 1. The Hall–Kier alpha value is -0.0505. The van der Waals surface area contributed by atoms with Crippen LogP contribution in [-0.2, 0) is 26.6 Å². The zero-order valence-electron chi connectivity index (χ0n) is 4.53. The van der Waals surface area contributed by atoms with Gasteiger partial charge in [0.1, 0.15) is 0 Å². The summed E-state index contributed by atoms with van der Waals surface area (Å²) in [6, 6.07) is 0. The number of carboxylic acid groups (broad SMARTS) is 1. The Morgan fingerprint density at radius 1 is 1.75 bits per heavy atom. The summed E-state index contributed by atoms with van der Waals surface area (Å²) >= 11 is 0. The van der Waals surface area contributed by atoms with Crippen LogP contribution in [-0.4, -0.2) is 24.8 Å². The van der Waals surface area contributed by atoms with Crippen molar-refractivity contribution in [3.8, 4) is 0 Å². The first-order valence-corrected chi connectivity index (χ1v) is 1.98. The molecule has 0 atom stereocenters. The molecule has 50 valence electrons. The van der Waals surface area contributed by atoms with Crippen LogP contribution in [0.5, 0.6) is 0 Å². The van der Waals surface area contributed by atoms with Crippen molar-refractivity contribution in [2.75, 3.05) is 13.7 Å². The molecule has 1 N–H and O–H groups in total. The molecule has 0 aromatic heterocycles. The summed E-state index contributed by atoms with van der Waals surface area (Å²) in [5.41, 5.74) is 0. The zero-order valence-corrected chi connectivity index (χ0v) is 5.64. The third-order valence-corrected chi connectivity index (χ3v) is 0.520. The average Bonchev–Trinajstić information content (AvgIpc) is 1.61. The summed E-state index contributed by atoms with van der Waals surface area (Å²) in [4.78, 5) is 9.68. The van der Waals surface area contributed by atoms with Crippen LogP contribution in [0.25, 0.3) is 0 Å². The molecule has 4 heteroatoms. The van der Waals surface area contributed by atoms with Gasteiger partial charge in [-0.2, -0.15) is 0 Å². The molecule has 0 aromatic carbocycles. The van der Waals surface area contributed by atoms with Gasteiger partial charge in [0, 0.05) is 24.2 Å². The Labute approximate surface area is 58.5 Å². The topological polar surface area (TPSA) is 46.5 Å². The number of methoxy groups -OCH3 is 1. The van der Waals surface area contributed by atoms with E-state index in [0.29, 0.717) is 6.61 Å². The van der Waals surface area contributed by atoms with Gasteiger partial charge in [0.2, 0.25) is 0 Å². The van der Waals surface area contributed by atoms with Crippen molar-refractivity contribution in [1.82, 2.24) is 0 Å².